The quantitative estimate of drug-likeness (QED) is 0.735. The van der Waals surface area contributed by atoms with Crippen molar-refractivity contribution < 1.29 is 9.53 Å². The Labute approximate surface area is 163 Å². The minimum atomic E-state index is -0.479. The Hall–Kier alpha value is -3.92. The number of nitrogens with zero attached hydrogens (tertiary/aromatic N) is 4. The summed E-state index contributed by atoms with van der Waals surface area (Å²) in [5, 5.41) is 12.5. The van der Waals surface area contributed by atoms with Gasteiger partial charge in [-0.05, 0) is 29.8 Å². The highest BCUT2D eigenvalue weighted by Crippen LogP contribution is 2.33. The molecule has 1 N–H and O–H groups in total. The van der Waals surface area contributed by atoms with Gasteiger partial charge in [-0.2, -0.15) is 5.26 Å². The molecule has 3 aromatic rings. The third-order valence-electron chi connectivity index (χ3n) is 3.98. The van der Waals surface area contributed by atoms with E-state index in [1.165, 1.54) is 4.90 Å². The van der Waals surface area contributed by atoms with Crippen LogP contribution in [0.25, 0.3) is 0 Å². The van der Waals surface area contributed by atoms with Crippen molar-refractivity contribution >= 4 is 12.0 Å². The maximum Gasteiger partial charge on any atom is 0.414 e. The maximum absolute atomic E-state index is 12.1. The van der Waals surface area contributed by atoms with Crippen LogP contribution < -0.4 is 10.1 Å². The summed E-state index contributed by atoms with van der Waals surface area (Å²) < 4.78 is 5.54. The summed E-state index contributed by atoms with van der Waals surface area (Å²) in [7, 11) is 3.24. The van der Waals surface area contributed by atoms with Crippen LogP contribution in [0.2, 0.25) is 0 Å². The van der Waals surface area contributed by atoms with Gasteiger partial charge in [-0.25, -0.2) is 14.8 Å². The lowest BCUT2D eigenvalue weighted by Gasteiger charge is -2.22. The Bertz CT molecular complexity index is 999. The highest BCUT2D eigenvalue weighted by molar-refractivity contribution is 5.70. The molecule has 0 aliphatic rings. The molecule has 1 unspecified atom stereocenters. The third kappa shape index (κ3) is 4.43. The average molecular weight is 373 g/mol. The topological polar surface area (TPSA) is 91.1 Å². The minimum absolute atomic E-state index is 0.414. The number of ether oxygens (including phenoxy) is 1. The van der Waals surface area contributed by atoms with E-state index in [2.05, 4.69) is 21.4 Å². The Balaban J connectivity index is 2.06. The van der Waals surface area contributed by atoms with Crippen LogP contribution in [0.3, 0.4) is 0 Å². The van der Waals surface area contributed by atoms with Crippen LogP contribution in [0, 0.1) is 11.3 Å². The van der Waals surface area contributed by atoms with E-state index in [1.54, 1.807) is 56.8 Å². The predicted octanol–water partition coefficient (Wildman–Crippen LogP) is 3.61. The van der Waals surface area contributed by atoms with E-state index in [1.807, 2.05) is 24.3 Å². The van der Waals surface area contributed by atoms with Crippen LogP contribution in [0.1, 0.15) is 22.7 Å². The minimum Gasteiger partial charge on any atom is -0.410 e. The molecule has 28 heavy (non-hydrogen) atoms. The molecule has 0 fully saturated rings. The van der Waals surface area contributed by atoms with Crippen LogP contribution in [0.5, 0.6) is 5.75 Å². The number of nitrogens with one attached hydrogen (secondary N) is 1. The molecule has 7 heteroatoms. The molecule has 0 saturated carbocycles. The number of nitriles is 1. The SMILES string of the molecule is CN(C)C(=O)Oc1ccccc1C(Nc1ncccn1)c1cccc(C#N)c1. The molecule has 1 heterocycles. The number of hydrogen-bond donors (Lipinski definition) is 1. The van der Waals surface area contributed by atoms with Crippen LogP contribution in [-0.4, -0.2) is 35.1 Å². The van der Waals surface area contributed by atoms with Crippen molar-refractivity contribution in [2.45, 2.75) is 6.04 Å². The highest BCUT2D eigenvalue weighted by atomic mass is 16.6. The molecule has 0 spiro atoms. The number of para-hydroxylation sites is 1. The zero-order valence-corrected chi connectivity index (χ0v) is 15.5. The zero-order valence-electron chi connectivity index (χ0n) is 15.5. The third-order valence-corrected chi connectivity index (χ3v) is 3.98. The average Bonchev–Trinajstić information content (AvgIpc) is 2.73. The van der Waals surface area contributed by atoms with Gasteiger partial charge >= 0.3 is 6.09 Å². The smallest absolute Gasteiger partial charge is 0.410 e. The number of amides is 1. The molecule has 1 amide bonds. The van der Waals surface area contributed by atoms with Crippen LogP contribution in [0.4, 0.5) is 10.7 Å². The molecule has 0 aliphatic carbocycles. The van der Waals surface area contributed by atoms with Crippen molar-refractivity contribution in [3.8, 4) is 11.8 Å². The molecule has 0 bridgehead atoms. The van der Waals surface area contributed by atoms with Gasteiger partial charge in [0.15, 0.2) is 0 Å². The molecule has 140 valence electrons. The molecular formula is C21H19N5O2. The number of anilines is 1. The fraction of sp³-hybridized carbons (Fsp3) is 0.143. The van der Waals surface area contributed by atoms with Gasteiger partial charge in [0.25, 0.3) is 0 Å². The second-order valence-electron chi connectivity index (χ2n) is 6.19. The van der Waals surface area contributed by atoms with Gasteiger partial charge in [-0.1, -0.05) is 30.3 Å². The zero-order chi connectivity index (χ0) is 19.9. The maximum atomic E-state index is 12.1. The summed E-state index contributed by atoms with van der Waals surface area (Å²) in [5.74, 6) is 0.834. The van der Waals surface area contributed by atoms with Crippen molar-refractivity contribution in [2.75, 3.05) is 19.4 Å². The van der Waals surface area contributed by atoms with E-state index in [0.717, 1.165) is 11.1 Å². The first-order chi connectivity index (χ1) is 13.6. The molecule has 1 aromatic heterocycles. The van der Waals surface area contributed by atoms with E-state index in [0.29, 0.717) is 17.3 Å². The summed E-state index contributed by atoms with van der Waals surface area (Å²) in [6.45, 7) is 0. The lowest BCUT2D eigenvalue weighted by molar-refractivity contribution is 0.171. The molecule has 0 aliphatic heterocycles. The number of hydrogen-bond acceptors (Lipinski definition) is 6. The largest absolute Gasteiger partial charge is 0.414 e. The monoisotopic (exact) mass is 373 g/mol. The van der Waals surface area contributed by atoms with Gasteiger partial charge in [0, 0.05) is 32.1 Å². The van der Waals surface area contributed by atoms with E-state index in [9.17, 15) is 10.1 Å². The predicted molar refractivity (Wildman–Crippen MR) is 105 cm³/mol. The number of rotatable bonds is 5. The summed E-state index contributed by atoms with van der Waals surface area (Å²) in [6, 6.07) is 17.9. The number of aromatic nitrogens is 2. The molecule has 1 atom stereocenters. The van der Waals surface area contributed by atoms with Crippen molar-refractivity contribution in [1.29, 1.82) is 5.26 Å². The van der Waals surface area contributed by atoms with Gasteiger partial charge in [-0.15, -0.1) is 0 Å². The van der Waals surface area contributed by atoms with Crippen molar-refractivity contribution in [3.05, 3.63) is 83.7 Å². The first kappa shape index (κ1) is 18.9. The summed E-state index contributed by atoms with van der Waals surface area (Å²) in [4.78, 5) is 21.9. The molecule has 0 radical (unpaired) electrons. The second kappa shape index (κ2) is 8.64. The fourth-order valence-corrected chi connectivity index (χ4v) is 2.63. The molecule has 3 rings (SSSR count). The van der Waals surface area contributed by atoms with Gasteiger partial charge < -0.3 is 15.0 Å². The van der Waals surface area contributed by atoms with Gasteiger partial charge in [0.05, 0.1) is 17.7 Å². The molecule has 2 aromatic carbocycles. The van der Waals surface area contributed by atoms with E-state index in [-0.39, 0.29) is 0 Å². The molecule has 0 saturated heterocycles. The normalized spacial score (nSPS) is 11.2. The van der Waals surface area contributed by atoms with E-state index >= 15 is 0 Å². The Morgan fingerprint density at radius 2 is 1.86 bits per heavy atom. The Kier molecular flexibility index (Phi) is 5.82. The Morgan fingerprint density at radius 3 is 2.57 bits per heavy atom. The van der Waals surface area contributed by atoms with Crippen LogP contribution in [0.15, 0.2) is 67.0 Å². The lowest BCUT2D eigenvalue weighted by Crippen LogP contribution is -2.26. The van der Waals surface area contributed by atoms with Crippen molar-refractivity contribution in [3.63, 3.8) is 0 Å². The number of benzene rings is 2. The number of carbonyl (C=O) groups is 1. The van der Waals surface area contributed by atoms with Crippen LogP contribution >= 0.6 is 0 Å². The van der Waals surface area contributed by atoms with E-state index in [4.69, 9.17) is 4.74 Å². The summed E-state index contributed by atoms with van der Waals surface area (Å²) in [6.07, 6.45) is 2.79. The number of carbonyl (C=O) groups excluding carboxylic acids is 1. The molecule has 7 nitrogen and oxygen atoms in total. The Morgan fingerprint density at radius 1 is 1.11 bits per heavy atom. The summed E-state index contributed by atoms with van der Waals surface area (Å²) in [5.41, 5.74) is 2.07. The fourth-order valence-electron chi connectivity index (χ4n) is 2.63. The molecular weight excluding hydrogens is 354 g/mol. The van der Waals surface area contributed by atoms with E-state index < -0.39 is 12.1 Å². The van der Waals surface area contributed by atoms with Crippen LogP contribution in [-0.2, 0) is 0 Å². The summed E-state index contributed by atoms with van der Waals surface area (Å²) >= 11 is 0. The van der Waals surface area contributed by atoms with Gasteiger partial charge in [0.1, 0.15) is 5.75 Å². The second-order valence-corrected chi connectivity index (χ2v) is 6.19. The first-order valence-corrected chi connectivity index (χ1v) is 8.60. The van der Waals surface area contributed by atoms with Gasteiger partial charge in [-0.3, -0.25) is 0 Å². The van der Waals surface area contributed by atoms with Crippen molar-refractivity contribution in [1.82, 2.24) is 14.9 Å². The standard InChI is InChI=1S/C21H19N5O2/c1-26(2)21(27)28-18-10-4-3-9-17(18)19(25-20-23-11-6-12-24-20)16-8-5-7-15(13-16)14-22/h3-13,19H,1-2H3,(H,23,24,25). The van der Waals surface area contributed by atoms with Gasteiger partial charge in [0.2, 0.25) is 5.95 Å². The first-order valence-electron chi connectivity index (χ1n) is 8.60. The lowest BCUT2D eigenvalue weighted by atomic mass is 9.96. The van der Waals surface area contributed by atoms with Crippen molar-refractivity contribution in [2.24, 2.45) is 0 Å². The highest BCUT2D eigenvalue weighted by Gasteiger charge is 2.21.